The molecule has 1 N–H and O–H groups in total. The van der Waals surface area contributed by atoms with Gasteiger partial charge in [-0.2, -0.15) is 0 Å². The van der Waals surface area contributed by atoms with E-state index in [0.717, 1.165) is 34.4 Å². The van der Waals surface area contributed by atoms with Crippen LogP contribution < -0.4 is 5.32 Å². The van der Waals surface area contributed by atoms with Crippen molar-refractivity contribution in [1.29, 1.82) is 0 Å². The quantitative estimate of drug-likeness (QED) is 0.590. The van der Waals surface area contributed by atoms with Gasteiger partial charge in [0.1, 0.15) is 6.04 Å². The highest BCUT2D eigenvalue weighted by Gasteiger charge is 2.51. The number of carbonyl (C=O) groups excluding carboxylic acids is 4. The number of carbonyl (C=O) groups is 4. The number of nitrogens with one attached hydrogen (secondary N) is 1. The minimum Gasteiger partial charge on any atom is -0.451 e. The summed E-state index contributed by atoms with van der Waals surface area (Å²) in [6, 6.07) is 2.88. The number of aryl methyl sites for hydroxylation is 3. The third-order valence-corrected chi connectivity index (χ3v) is 6.19. The average Bonchev–Trinajstić information content (AvgIpc) is 2.94. The van der Waals surface area contributed by atoms with Crippen LogP contribution in [0.15, 0.2) is 12.1 Å². The largest absolute Gasteiger partial charge is 0.451 e. The number of ether oxygens (including phenoxy) is 1. The maximum absolute atomic E-state index is 12.7. The molecule has 1 heterocycles. The number of hydrogen-bond donors (Lipinski definition) is 1. The molecule has 2 fully saturated rings. The Bertz CT molecular complexity index is 847. The van der Waals surface area contributed by atoms with E-state index in [1.807, 2.05) is 32.9 Å². The van der Waals surface area contributed by atoms with Crippen LogP contribution in [0.1, 0.15) is 56.2 Å². The molecule has 0 unspecified atom stereocenters. The van der Waals surface area contributed by atoms with E-state index in [4.69, 9.17) is 4.74 Å². The van der Waals surface area contributed by atoms with Crippen molar-refractivity contribution < 1.29 is 23.9 Å². The number of nitrogens with zero attached hydrogens (tertiary/aromatic N) is 1. The summed E-state index contributed by atoms with van der Waals surface area (Å²) >= 11 is 0. The monoisotopic (exact) mass is 414 g/mol. The van der Waals surface area contributed by atoms with Gasteiger partial charge >= 0.3 is 5.97 Å². The molecule has 0 radical (unpaired) electrons. The van der Waals surface area contributed by atoms with Gasteiger partial charge in [0.05, 0.1) is 11.8 Å². The molecule has 2 aliphatic rings. The van der Waals surface area contributed by atoms with Gasteiger partial charge in [-0.15, -0.1) is 0 Å². The number of anilines is 1. The SMILES string of the molecule is Cc1cc(C)c(NC(=O)[C@H](C)OC(=O)[C@H](C)N2C(=O)[C@H]3CCCC[C@H]3C2=O)c(C)c1. The smallest absolute Gasteiger partial charge is 0.329 e. The van der Waals surface area contributed by atoms with E-state index in [2.05, 4.69) is 5.32 Å². The van der Waals surface area contributed by atoms with E-state index in [1.165, 1.54) is 13.8 Å². The van der Waals surface area contributed by atoms with Gasteiger partial charge in [0.15, 0.2) is 6.10 Å². The number of esters is 1. The van der Waals surface area contributed by atoms with Crippen LogP contribution in [-0.4, -0.2) is 40.7 Å². The van der Waals surface area contributed by atoms with Crippen molar-refractivity contribution in [3.05, 3.63) is 28.8 Å². The second kappa shape index (κ2) is 8.58. The van der Waals surface area contributed by atoms with Crippen LogP contribution in [0, 0.1) is 32.6 Å². The number of likely N-dealkylation sites (tertiary alicyclic amines) is 1. The highest BCUT2D eigenvalue weighted by molar-refractivity contribution is 6.08. The molecule has 1 aliphatic heterocycles. The van der Waals surface area contributed by atoms with Crippen molar-refractivity contribution >= 4 is 29.4 Å². The summed E-state index contributed by atoms with van der Waals surface area (Å²) < 4.78 is 5.31. The van der Waals surface area contributed by atoms with Crippen LogP contribution in [0.25, 0.3) is 0 Å². The average molecular weight is 415 g/mol. The van der Waals surface area contributed by atoms with Gasteiger partial charge in [-0.1, -0.05) is 30.5 Å². The summed E-state index contributed by atoms with van der Waals surface area (Å²) in [4.78, 5) is 51.6. The Balaban J connectivity index is 1.64. The predicted molar refractivity (Wildman–Crippen MR) is 112 cm³/mol. The van der Waals surface area contributed by atoms with Crippen molar-refractivity contribution in [2.24, 2.45) is 11.8 Å². The van der Waals surface area contributed by atoms with E-state index >= 15 is 0 Å². The first kappa shape index (κ1) is 22.0. The van der Waals surface area contributed by atoms with E-state index in [1.54, 1.807) is 0 Å². The number of hydrogen-bond acceptors (Lipinski definition) is 5. The van der Waals surface area contributed by atoms with Gasteiger partial charge in [-0.25, -0.2) is 4.79 Å². The lowest BCUT2D eigenvalue weighted by molar-refractivity contribution is -0.163. The summed E-state index contributed by atoms with van der Waals surface area (Å²) in [7, 11) is 0. The van der Waals surface area contributed by atoms with Gasteiger partial charge < -0.3 is 10.1 Å². The van der Waals surface area contributed by atoms with E-state index in [-0.39, 0.29) is 23.7 Å². The minimum atomic E-state index is -1.06. The Labute approximate surface area is 177 Å². The molecule has 1 saturated heterocycles. The number of fused-ring (bicyclic) bond motifs is 1. The lowest BCUT2D eigenvalue weighted by atomic mass is 9.81. The van der Waals surface area contributed by atoms with Crippen LogP contribution in [-0.2, 0) is 23.9 Å². The molecule has 7 nitrogen and oxygen atoms in total. The third kappa shape index (κ3) is 4.11. The Morgan fingerprint density at radius 2 is 1.50 bits per heavy atom. The van der Waals surface area contributed by atoms with Gasteiger partial charge in [0.25, 0.3) is 5.91 Å². The number of imide groups is 1. The first-order valence-corrected chi connectivity index (χ1v) is 10.6. The lowest BCUT2D eigenvalue weighted by Crippen LogP contribution is -2.46. The van der Waals surface area contributed by atoms with E-state index in [0.29, 0.717) is 18.5 Å². The Kier molecular flexibility index (Phi) is 6.29. The Morgan fingerprint density at radius 1 is 1.00 bits per heavy atom. The van der Waals surface area contributed by atoms with Crippen LogP contribution in [0.4, 0.5) is 5.69 Å². The molecule has 0 bridgehead atoms. The van der Waals surface area contributed by atoms with Crippen LogP contribution in [0.2, 0.25) is 0 Å². The first-order chi connectivity index (χ1) is 14.1. The van der Waals surface area contributed by atoms with Gasteiger partial charge in [-0.3, -0.25) is 19.3 Å². The fourth-order valence-electron chi connectivity index (χ4n) is 4.60. The Hall–Kier alpha value is -2.70. The van der Waals surface area contributed by atoms with Crippen LogP contribution >= 0.6 is 0 Å². The molecule has 162 valence electrons. The molecule has 3 rings (SSSR count). The van der Waals surface area contributed by atoms with Crippen molar-refractivity contribution in [2.75, 3.05) is 5.32 Å². The lowest BCUT2D eigenvalue weighted by Gasteiger charge is -2.23. The summed E-state index contributed by atoms with van der Waals surface area (Å²) in [6.45, 7) is 8.74. The highest BCUT2D eigenvalue weighted by Crippen LogP contribution is 2.39. The summed E-state index contributed by atoms with van der Waals surface area (Å²) in [6.07, 6.45) is 2.14. The van der Waals surface area contributed by atoms with E-state index in [9.17, 15) is 19.2 Å². The number of rotatable bonds is 5. The molecule has 0 aromatic heterocycles. The van der Waals surface area contributed by atoms with Crippen molar-refractivity contribution in [3.63, 3.8) is 0 Å². The molecule has 4 atom stereocenters. The second-order valence-corrected chi connectivity index (χ2v) is 8.56. The van der Waals surface area contributed by atoms with Gasteiger partial charge in [0, 0.05) is 5.69 Å². The second-order valence-electron chi connectivity index (χ2n) is 8.56. The van der Waals surface area contributed by atoms with Crippen LogP contribution in [0.3, 0.4) is 0 Å². The van der Waals surface area contributed by atoms with Crippen molar-refractivity contribution in [3.8, 4) is 0 Å². The van der Waals surface area contributed by atoms with Crippen molar-refractivity contribution in [2.45, 2.75) is 72.4 Å². The fraction of sp³-hybridized carbons (Fsp3) is 0.565. The Morgan fingerprint density at radius 3 is 2.00 bits per heavy atom. The number of benzene rings is 1. The first-order valence-electron chi connectivity index (χ1n) is 10.6. The van der Waals surface area contributed by atoms with Gasteiger partial charge in [-0.05, 0) is 58.6 Å². The zero-order valence-electron chi connectivity index (χ0n) is 18.3. The maximum atomic E-state index is 12.7. The summed E-state index contributed by atoms with van der Waals surface area (Å²) in [5.74, 6) is -2.45. The molecule has 1 aromatic carbocycles. The van der Waals surface area contributed by atoms with E-state index < -0.39 is 24.0 Å². The molecule has 30 heavy (non-hydrogen) atoms. The zero-order chi connectivity index (χ0) is 22.2. The fourth-order valence-corrected chi connectivity index (χ4v) is 4.60. The normalized spacial score (nSPS) is 23.0. The minimum absolute atomic E-state index is 0.294. The topological polar surface area (TPSA) is 92.8 Å². The molecule has 3 amide bonds. The van der Waals surface area contributed by atoms with Crippen molar-refractivity contribution in [1.82, 2.24) is 4.90 Å². The molecular formula is C23H30N2O5. The zero-order valence-corrected chi connectivity index (χ0v) is 18.3. The molecule has 7 heteroatoms. The summed E-state index contributed by atoms with van der Waals surface area (Å²) in [5, 5.41) is 2.81. The highest BCUT2D eigenvalue weighted by atomic mass is 16.5. The maximum Gasteiger partial charge on any atom is 0.329 e. The number of amides is 3. The predicted octanol–water partition coefficient (Wildman–Crippen LogP) is 3.05. The molecule has 1 aliphatic carbocycles. The standard InChI is InChI=1S/C23H30N2O5/c1-12-10-13(2)19(14(3)11-12)24-20(26)16(5)30-23(29)15(4)25-21(27)17-8-6-7-9-18(17)22(25)28/h10-11,15-18H,6-9H2,1-5H3,(H,24,26)/t15-,16-,17-,18+/m0/s1. The molecular weight excluding hydrogens is 384 g/mol. The van der Waals surface area contributed by atoms with Gasteiger partial charge in [0.2, 0.25) is 11.8 Å². The molecule has 1 aromatic rings. The van der Waals surface area contributed by atoms with Crippen LogP contribution in [0.5, 0.6) is 0 Å². The third-order valence-electron chi connectivity index (χ3n) is 6.19. The summed E-state index contributed by atoms with van der Waals surface area (Å²) in [5.41, 5.74) is 3.62. The molecule has 0 spiro atoms. The molecule has 1 saturated carbocycles.